The lowest BCUT2D eigenvalue weighted by molar-refractivity contribution is -0.137. The molecule has 0 aliphatic carbocycles. The van der Waals surface area contributed by atoms with Gasteiger partial charge in [-0.3, -0.25) is 9.98 Å². The first-order valence-corrected chi connectivity index (χ1v) is 14.2. The van der Waals surface area contributed by atoms with E-state index in [4.69, 9.17) is 14.7 Å². The van der Waals surface area contributed by atoms with Gasteiger partial charge in [0.25, 0.3) is 0 Å². The highest BCUT2D eigenvalue weighted by Gasteiger charge is 2.34. The number of benzene rings is 2. The minimum absolute atomic E-state index is 0.151. The van der Waals surface area contributed by atoms with Crippen LogP contribution in [-0.2, 0) is 10.9 Å². The van der Waals surface area contributed by atoms with Crippen molar-refractivity contribution in [2.75, 3.05) is 6.61 Å². The summed E-state index contributed by atoms with van der Waals surface area (Å²) in [5.41, 5.74) is 4.70. The lowest BCUT2D eigenvalue weighted by atomic mass is 9.92. The molecule has 0 saturated carbocycles. The molecule has 0 saturated heterocycles. The van der Waals surface area contributed by atoms with Gasteiger partial charge in [-0.15, -0.1) is 0 Å². The monoisotopic (exact) mass is 580 g/mol. The maximum Gasteiger partial charge on any atom is 0.417 e. The zero-order chi connectivity index (χ0) is 30.0. The zero-order valence-corrected chi connectivity index (χ0v) is 23.9. The quantitative estimate of drug-likeness (QED) is 0.332. The van der Waals surface area contributed by atoms with Crippen molar-refractivity contribution in [3.05, 3.63) is 111 Å². The van der Waals surface area contributed by atoms with Gasteiger partial charge in [0, 0.05) is 30.2 Å². The molecule has 0 fully saturated rings. The minimum atomic E-state index is -4.48. The van der Waals surface area contributed by atoms with Crippen LogP contribution in [0.1, 0.15) is 74.6 Å². The lowest BCUT2D eigenvalue weighted by Gasteiger charge is -2.18. The number of aryl methyl sites for hydroxylation is 1. The Labute approximate surface area is 242 Å². The van der Waals surface area contributed by atoms with Crippen LogP contribution in [0, 0.1) is 18.6 Å². The first-order chi connectivity index (χ1) is 20.0. The summed E-state index contributed by atoms with van der Waals surface area (Å²) < 4.78 is 76.4. The van der Waals surface area contributed by atoms with E-state index in [1.165, 1.54) is 12.1 Å². The molecule has 3 aliphatic heterocycles. The Hall–Kier alpha value is -3.81. The normalized spacial score (nSPS) is 20.0. The van der Waals surface area contributed by atoms with Crippen molar-refractivity contribution < 1.29 is 26.7 Å². The highest BCUT2D eigenvalue weighted by molar-refractivity contribution is 6.03. The highest BCUT2D eigenvalue weighted by Crippen LogP contribution is 2.39. The van der Waals surface area contributed by atoms with Gasteiger partial charge in [-0.1, -0.05) is 41.0 Å². The van der Waals surface area contributed by atoms with Gasteiger partial charge in [-0.2, -0.15) is 13.2 Å². The van der Waals surface area contributed by atoms with Gasteiger partial charge in [-0.05, 0) is 81.9 Å². The van der Waals surface area contributed by atoms with Crippen LogP contribution in [0.2, 0.25) is 0 Å². The Morgan fingerprint density at radius 3 is 2.50 bits per heavy atom. The minimum Gasteiger partial charge on any atom is -0.498 e. The van der Waals surface area contributed by atoms with Crippen molar-refractivity contribution in [1.82, 2.24) is 0 Å². The fourth-order valence-electron chi connectivity index (χ4n) is 5.58. The van der Waals surface area contributed by atoms with Crippen molar-refractivity contribution >= 4 is 17.5 Å². The summed E-state index contributed by atoms with van der Waals surface area (Å²) >= 11 is 0. The molecule has 3 aliphatic rings. The first kappa shape index (κ1) is 29.7. The van der Waals surface area contributed by atoms with Crippen molar-refractivity contribution in [3.63, 3.8) is 0 Å². The van der Waals surface area contributed by atoms with E-state index >= 15 is 0 Å². The van der Waals surface area contributed by atoms with E-state index in [2.05, 4.69) is 0 Å². The van der Waals surface area contributed by atoms with Crippen LogP contribution in [0.4, 0.5) is 22.0 Å². The molecule has 42 heavy (non-hydrogen) atoms. The highest BCUT2D eigenvalue weighted by atomic mass is 19.4. The molecule has 0 N–H and O–H groups in total. The predicted molar refractivity (Wildman–Crippen MR) is 156 cm³/mol. The van der Waals surface area contributed by atoms with E-state index in [0.717, 1.165) is 22.8 Å². The molecular formula is C34H33F5N2O. The number of hydrogen-bond donors (Lipinski definition) is 0. The largest absolute Gasteiger partial charge is 0.498 e. The smallest absolute Gasteiger partial charge is 0.417 e. The molecule has 2 aromatic carbocycles. The van der Waals surface area contributed by atoms with Crippen LogP contribution >= 0.6 is 0 Å². The Morgan fingerprint density at radius 1 is 0.929 bits per heavy atom. The second kappa shape index (κ2) is 12.2. The fourth-order valence-corrected chi connectivity index (χ4v) is 5.58. The summed E-state index contributed by atoms with van der Waals surface area (Å²) in [5.74, 6) is -1.19. The number of ether oxygens (including phenoxy) is 1. The van der Waals surface area contributed by atoms with Crippen molar-refractivity contribution in [2.45, 2.75) is 71.5 Å². The fraction of sp³-hybridized carbons (Fsp3) is 0.353. The molecule has 3 heterocycles. The number of aliphatic imine (C=N–C) groups is 2. The number of hydrogen-bond acceptors (Lipinski definition) is 3. The molecule has 0 aromatic heterocycles. The van der Waals surface area contributed by atoms with Crippen LogP contribution in [0.15, 0.2) is 86.7 Å². The van der Waals surface area contributed by atoms with Gasteiger partial charge in [0.1, 0.15) is 0 Å². The first-order valence-electron chi connectivity index (χ1n) is 14.2. The van der Waals surface area contributed by atoms with Crippen LogP contribution in [-0.4, -0.2) is 24.6 Å². The Bertz CT molecular complexity index is 1570. The zero-order valence-electron chi connectivity index (χ0n) is 23.9. The molecule has 8 heteroatoms. The summed E-state index contributed by atoms with van der Waals surface area (Å²) in [5, 5.41) is 0. The SMILES string of the molecule is CC1=C2C=NC(CC3=CC(c4ccc(C)cc4C(F)(F)F)=C(C)CCO3)CCC=C2N=C(c2cccc(F)c2F)CC1. The van der Waals surface area contributed by atoms with Crippen LogP contribution in [0.25, 0.3) is 5.57 Å². The van der Waals surface area contributed by atoms with E-state index < -0.39 is 23.4 Å². The van der Waals surface area contributed by atoms with E-state index in [1.54, 1.807) is 37.4 Å². The second-order valence-electron chi connectivity index (χ2n) is 11.1. The van der Waals surface area contributed by atoms with Gasteiger partial charge in [0.05, 0.1) is 35.4 Å². The number of rotatable bonds is 4. The summed E-state index contributed by atoms with van der Waals surface area (Å²) in [4.78, 5) is 9.60. The average molecular weight is 581 g/mol. The maximum absolute atomic E-state index is 14.6. The van der Waals surface area contributed by atoms with E-state index in [0.29, 0.717) is 73.4 Å². The number of fused-ring (bicyclic) bond motifs is 1. The molecule has 3 nitrogen and oxygen atoms in total. The molecular weight excluding hydrogens is 547 g/mol. The van der Waals surface area contributed by atoms with Crippen molar-refractivity contribution in [2.24, 2.45) is 9.98 Å². The molecule has 1 atom stereocenters. The van der Waals surface area contributed by atoms with E-state index in [-0.39, 0.29) is 17.2 Å². The van der Waals surface area contributed by atoms with E-state index in [9.17, 15) is 22.0 Å². The average Bonchev–Trinajstić information content (AvgIpc) is 3.19. The predicted octanol–water partition coefficient (Wildman–Crippen LogP) is 9.48. The lowest BCUT2D eigenvalue weighted by Crippen LogP contribution is -2.11. The third-order valence-corrected chi connectivity index (χ3v) is 7.98. The molecule has 0 amide bonds. The second-order valence-corrected chi connectivity index (χ2v) is 11.1. The molecule has 0 bridgehead atoms. The number of allylic oxidation sites excluding steroid dienone is 5. The third-order valence-electron chi connectivity index (χ3n) is 7.98. The molecule has 0 spiro atoms. The summed E-state index contributed by atoms with van der Waals surface area (Å²) in [6, 6.07) is 8.41. The van der Waals surface area contributed by atoms with Crippen LogP contribution in [0.5, 0.6) is 0 Å². The topological polar surface area (TPSA) is 34.0 Å². The van der Waals surface area contributed by atoms with Gasteiger partial charge in [-0.25, -0.2) is 8.78 Å². The number of halogens is 5. The Kier molecular flexibility index (Phi) is 8.62. The summed E-state index contributed by atoms with van der Waals surface area (Å²) in [7, 11) is 0. The number of alkyl halides is 3. The Balaban J connectivity index is 1.41. The number of nitrogens with zero attached hydrogens (tertiary/aromatic N) is 2. The third kappa shape index (κ3) is 6.48. The summed E-state index contributed by atoms with van der Waals surface area (Å²) in [6.45, 7) is 5.88. The van der Waals surface area contributed by atoms with Crippen molar-refractivity contribution in [3.8, 4) is 0 Å². The van der Waals surface area contributed by atoms with Crippen LogP contribution < -0.4 is 0 Å². The summed E-state index contributed by atoms with van der Waals surface area (Å²) in [6.07, 6.45) is 4.44. The van der Waals surface area contributed by atoms with Gasteiger partial charge in [0.2, 0.25) is 0 Å². The molecule has 220 valence electrons. The van der Waals surface area contributed by atoms with Crippen LogP contribution in [0.3, 0.4) is 0 Å². The standard InChI is InChI=1S/C34H33F5N2O/c1-20-10-12-25(29(16-20)34(37,38)39)27-18-24(42-15-14-22(27)3)17-23-6-4-9-31-28(19-40-23)21(2)11-13-32(41-31)26-7-5-8-30(35)33(26)36/h5,7-10,12,16,18-19,23H,4,6,11,13-15,17H2,1-3H3. The Morgan fingerprint density at radius 2 is 1.71 bits per heavy atom. The van der Waals surface area contributed by atoms with Gasteiger partial charge >= 0.3 is 6.18 Å². The van der Waals surface area contributed by atoms with Crippen molar-refractivity contribution in [1.29, 1.82) is 0 Å². The van der Waals surface area contributed by atoms with E-state index in [1.807, 2.05) is 19.9 Å². The molecule has 2 aromatic rings. The molecule has 1 unspecified atom stereocenters. The van der Waals surface area contributed by atoms with Gasteiger partial charge < -0.3 is 4.74 Å². The molecule has 5 rings (SSSR count). The van der Waals surface area contributed by atoms with Gasteiger partial charge in [0.15, 0.2) is 11.6 Å². The molecule has 0 radical (unpaired) electrons. The maximum atomic E-state index is 14.6.